The minimum Gasteiger partial charge on any atom is -0.344 e. The Kier molecular flexibility index (Phi) is 31.4. The predicted octanol–water partition coefficient (Wildman–Crippen LogP) is 25.2. The number of rotatable bonds is 22. The number of benzene rings is 7. The van der Waals surface area contributed by atoms with E-state index in [2.05, 4.69) is 328 Å². The van der Waals surface area contributed by atoms with Gasteiger partial charge in [0.15, 0.2) is 32.7 Å². The lowest BCUT2D eigenvalue weighted by atomic mass is 9.67. The Hall–Kier alpha value is -7.68. The minimum absolute atomic E-state index is 0.00896. The number of hydrogen-bond donors (Lipinski definition) is 0. The zero-order chi connectivity index (χ0) is 90.1. The van der Waals surface area contributed by atoms with Crippen molar-refractivity contribution in [2.45, 2.75) is 195 Å². The molecule has 1 aliphatic carbocycles. The van der Waals surface area contributed by atoms with Crippen molar-refractivity contribution in [1.82, 2.24) is 0 Å². The van der Waals surface area contributed by atoms with Crippen LogP contribution in [0.1, 0.15) is 195 Å². The van der Waals surface area contributed by atoms with Crippen LogP contribution in [-0.2, 0) is 33.5 Å². The van der Waals surface area contributed by atoms with E-state index in [0.29, 0.717) is 0 Å². The monoisotopic (exact) mass is 1840 g/mol. The molecule has 7 aromatic carbocycles. The Bertz CT molecular complexity index is 5590. The number of para-hydroxylation sites is 1. The van der Waals surface area contributed by atoms with Crippen molar-refractivity contribution in [3.63, 3.8) is 0 Å². The largest absolute Gasteiger partial charge is 0.344 e. The molecule has 10 heterocycles. The maximum absolute atomic E-state index is 11.2. The first-order chi connectivity index (χ1) is 61.3. The number of thioether (sulfide) groups is 5. The molecule has 1 saturated carbocycles. The number of non-ortho nitro benzene ring substituents is 1. The fourth-order valence-corrected chi connectivity index (χ4v) is 26.9. The fraction of sp³-hybridized carbons (Fsp3) is 0.467. The highest BCUT2D eigenvalue weighted by Gasteiger charge is 2.51. The minimum atomic E-state index is -0.308. The van der Waals surface area contributed by atoms with E-state index in [1.165, 1.54) is 172 Å². The highest BCUT2D eigenvalue weighted by atomic mass is 35.5. The van der Waals surface area contributed by atoms with Gasteiger partial charge >= 0.3 is 0 Å². The first-order valence-corrected chi connectivity index (χ1v) is 52.8. The molecule has 1 fully saturated rings. The quantitative estimate of drug-likeness (QED) is 0.0281. The van der Waals surface area contributed by atoms with Gasteiger partial charge in [0.25, 0.3) is 5.69 Å². The van der Waals surface area contributed by atoms with Crippen molar-refractivity contribution in [3.8, 4) is 0 Å². The van der Waals surface area contributed by atoms with E-state index >= 15 is 0 Å². The van der Waals surface area contributed by atoms with E-state index in [-0.39, 0.29) is 37.7 Å². The Morgan fingerprint density at radius 1 is 0.425 bits per heavy atom. The molecule has 672 valence electrons. The standard InChI is InChI=1S/C26H33N2S.C25H30ClN2S.C19H26ClN2S.C19H25N2S.C18H24N3O2S/c1-3-16-28-22-13-12-20-10-6-7-11-21(20)25(22)26(14-8-5-9-15-26)23(28)19-24-27(4-2)17-18-29-24;1-4-13-28-22-12-11-20(26)16-21(22)25(3,18-19-9-7-6-8-10-19)23(28)17-24-27(5-2)14-15-29-24;1-5-9-22-16-8-7-14(20)12-15(16)19(3,4)17(22)13-18-21(6-2)10-11-23-18;1-5-11-21-16-10-8-7-9-15(16)19(3,6-2)17(21)14-18-20(4)12-13-22-18;1-5-8-20-15-7-6-13(21(22)23)11-14(15)18(2,3)16(20)12-17-19(4)9-10-24-17/h6-7,10-13,19H,3-5,8-9,14-18H2,1-2H3;6-12,16-17H,4-5,13-15,18H2,1-3H3;7-8,12-13H,5-6,9-11H2,1-4H3;6-10,14H,2,5,11-13H2,1,3-4H3;6-7,11-12H,5,8-10H2,1-4H3/q5*+1. The van der Waals surface area contributed by atoms with E-state index in [4.69, 9.17) is 23.2 Å². The van der Waals surface area contributed by atoms with Crippen LogP contribution in [0.2, 0.25) is 10.0 Å². The summed E-state index contributed by atoms with van der Waals surface area (Å²) >= 11 is 22.6. The Morgan fingerprint density at radius 3 is 1.33 bits per heavy atom. The molecule has 0 amide bonds. The van der Waals surface area contributed by atoms with Gasteiger partial charge in [-0.15, -0.1) is 6.58 Å². The van der Waals surface area contributed by atoms with Crippen LogP contribution in [0, 0.1) is 10.1 Å². The molecule has 18 rings (SSSR count). The van der Waals surface area contributed by atoms with Gasteiger partial charge in [0.2, 0.25) is 25.2 Å². The molecule has 20 heteroatoms. The summed E-state index contributed by atoms with van der Waals surface area (Å²) in [6.45, 7) is 49.9. The van der Waals surface area contributed by atoms with Crippen LogP contribution < -0.4 is 24.5 Å². The molecule has 127 heavy (non-hydrogen) atoms. The van der Waals surface area contributed by atoms with E-state index in [1.54, 1.807) is 23.4 Å². The topological polar surface area (TPSA) is 74.4 Å². The van der Waals surface area contributed by atoms with Gasteiger partial charge in [0.1, 0.15) is 33.7 Å². The molecule has 13 nitrogen and oxygen atoms in total. The zero-order valence-electron chi connectivity index (χ0n) is 78.6. The number of hydrogen-bond acceptors (Lipinski definition) is 12. The van der Waals surface area contributed by atoms with Crippen LogP contribution in [0.25, 0.3) is 10.8 Å². The lowest BCUT2D eigenvalue weighted by molar-refractivity contribution is -0.513. The number of nitrogens with zero attached hydrogens (tertiary/aromatic N) is 11. The molecule has 2 unspecified atom stereocenters. The van der Waals surface area contributed by atoms with Crippen LogP contribution >= 0.6 is 82.0 Å². The summed E-state index contributed by atoms with van der Waals surface area (Å²) < 4.78 is 12.2. The van der Waals surface area contributed by atoms with Crippen LogP contribution in [-0.4, -0.2) is 181 Å². The van der Waals surface area contributed by atoms with E-state index in [9.17, 15) is 10.1 Å². The van der Waals surface area contributed by atoms with Gasteiger partial charge in [-0.3, -0.25) is 10.1 Å². The molecule has 1 spiro atoms. The van der Waals surface area contributed by atoms with E-state index < -0.39 is 0 Å². The van der Waals surface area contributed by atoms with Gasteiger partial charge in [-0.05, 0) is 185 Å². The van der Waals surface area contributed by atoms with Gasteiger partial charge in [0, 0.05) is 164 Å². The Balaban J connectivity index is 0.000000129. The van der Waals surface area contributed by atoms with Crippen molar-refractivity contribution >= 4 is 152 Å². The summed E-state index contributed by atoms with van der Waals surface area (Å²) in [5.41, 5.74) is 21.5. The summed E-state index contributed by atoms with van der Waals surface area (Å²) in [5, 5.41) is 22.7. The molecule has 0 aromatic heterocycles. The third-order valence-electron chi connectivity index (χ3n) is 27.7. The van der Waals surface area contributed by atoms with Crippen molar-refractivity contribution in [3.05, 3.63) is 271 Å². The van der Waals surface area contributed by atoms with Crippen LogP contribution in [0.15, 0.2) is 217 Å². The zero-order valence-corrected chi connectivity index (χ0v) is 84.2. The average molecular weight is 1840 g/mol. The molecule has 0 N–H and O–H groups in total. The summed E-state index contributed by atoms with van der Waals surface area (Å²) in [7, 11) is 4.31. The number of nitro groups is 1. The van der Waals surface area contributed by atoms with Crippen LogP contribution in [0.4, 0.5) is 34.1 Å². The van der Waals surface area contributed by atoms with Crippen LogP contribution in [0.5, 0.6) is 0 Å². The third-order valence-corrected chi connectivity index (χ3v) is 33.6. The van der Waals surface area contributed by atoms with Gasteiger partial charge in [-0.2, -0.15) is 0 Å². The van der Waals surface area contributed by atoms with Gasteiger partial charge in [0.05, 0.1) is 39.1 Å². The Labute approximate surface area is 791 Å². The smallest absolute Gasteiger partial charge is 0.269 e. The number of nitro benzene ring substituents is 1. The second kappa shape index (κ2) is 41.8. The summed E-state index contributed by atoms with van der Waals surface area (Å²) in [6, 6.07) is 51.5. The molecule has 2 atom stereocenters. The predicted molar refractivity (Wildman–Crippen MR) is 557 cm³/mol. The molecule has 0 bridgehead atoms. The first-order valence-electron chi connectivity index (χ1n) is 47.1. The number of anilines is 5. The summed E-state index contributed by atoms with van der Waals surface area (Å²) in [5.74, 6) is 5.89. The van der Waals surface area contributed by atoms with E-state index in [0.717, 1.165) is 138 Å². The molecule has 0 saturated heterocycles. The SMILES string of the molecule is C=CC1(C)C(=CC2=[N+](C)CCS2)N(CCC)c2ccccc21.CCCN1C(=CC2=[N+](C)CCS2)C(C)(C)c2cc([N+](=O)[O-])ccc21.CCCN1C(=CC2=[N+](CC)CCS2)C(C)(C)c2cc(Cl)ccc21.CCCN1C(=CC2=[N+](CC)CCS2)C(C)(Cc2ccccc2)c2cc(Cl)ccc21.CCCN1C(=CC2=[N+](CC)CCS2)C2(CCCCC2)c2c1ccc1ccccc21. The molecule has 7 aromatic rings. The molecule has 0 radical (unpaired) electrons. The van der Waals surface area contributed by atoms with Crippen molar-refractivity contribution in [2.24, 2.45) is 0 Å². The molecular weight excluding hydrogens is 1700 g/mol. The Morgan fingerprint density at radius 2 is 0.827 bits per heavy atom. The molecule has 11 aliphatic rings. The first kappa shape index (κ1) is 95.4. The van der Waals surface area contributed by atoms with Crippen molar-refractivity contribution in [1.29, 1.82) is 0 Å². The van der Waals surface area contributed by atoms with Crippen molar-refractivity contribution < 1.29 is 27.8 Å². The third kappa shape index (κ3) is 19.4. The average Bonchev–Trinajstić information content (AvgIpc) is 1.53. The van der Waals surface area contributed by atoms with Gasteiger partial charge < -0.3 is 24.5 Å². The number of fused-ring (bicyclic) bond motifs is 8. The lowest BCUT2D eigenvalue weighted by Crippen LogP contribution is -2.34. The number of allylic oxidation sites excluding steroid dienone is 5. The maximum Gasteiger partial charge on any atom is 0.269 e. The van der Waals surface area contributed by atoms with Gasteiger partial charge in [-0.25, -0.2) is 22.9 Å². The van der Waals surface area contributed by atoms with Crippen LogP contribution in [0.3, 0.4) is 0 Å². The van der Waals surface area contributed by atoms with Gasteiger partial charge in [-0.1, -0.05) is 249 Å². The normalized spacial score (nSPS) is 22.6. The molecule has 10 aliphatic heterocycles. The lowest BCUT2D eigenvalue weighted by Gasteiger charge is -2.37. The highest BCUT2D eigenvalue weighted by Crippen LogP contribution is 2.59. The molecular formula is C107H138Cl2N11O2S5+5. The summed E-state index contributed by atoms with van der Waals surface area (Å²) in [4.78, 5) is 23.4. The van der Waals surface area contributed by atoms with E-state index in [1.807, 2.05) is 65.2 Å². The second-order valence-electron chi connectivity index (χ2n) is 36.7. The maximum atomic E-state index is 11.2. The number of halogens is 2. The highest BCUT2D eigenvalue weighted by molar-refractivity contribution is 8.15. The summed E-state index contributed by atoms with van der Waals surface area (Å²) in [6.07, 6.45) is 27.5. The van der Waals surface area contributed by atoms with Crippen molar-refractivity contribution in [2.75, 3.05) is 152 Å². The fourth-order valence-electron chi connectivity index (χ4n) is 21.0. The second-order valence-corrected chi connectivity index (χ2v) is 43.1.